The van der Waals surface area contributed by atoms with E-state index in [-0.39, 0.29) is 6.03 Å². The van der Waals surface area contributed by atoms with Gasteiger partial charge in [-0.1, -0.05) is 18.6 Å². The Kier molecular flexibility index (Phi) is 3.82. The summed E-state index contributed by atoms with van der Waals surface area (Å²) in [5.41, 5.74) is 2.08. The highest BCUT2D eigenvalue weighted by Crippen LogP contribution is 2.37. The summed E-state index contributed by atoms with van der Waals surface area (Å²) < 4.78 is 0. The molecule has 112 valence electrons. The summed E-state index contributed by atoms with van der Waals surface area (Å²) in [5, 5.41) is 11.9. The zero-order valence-corrected chi connectivity index (χ0v) is 11.9. The van der Waals surface area contributed by atoms with Crippen LogP contribution in [-0.4, -0.2) is 35.1 Å². The molecule has 1 saturated carbocycles. The molecule has 1 saturated heterocycles. The summed E-state index contributed by atoms with van der Waals surface area (Å²) in [7, 11) is 0. The van der Waals surface area contributed by atoms with E-state index in [0.717, 1.165) is 5.69 Å². The Balaban J connectivity index is 1.61. The van der Waals surface area contributed by atoms with Gasteiger partial charge in [-0.3, -0.25) is 4.79 Å². The van der Waals surface area contributed by atoms with Crippen LogP contribution < -0.4 is 5.32 Å². The molecule has 1 unspecified atom stereocenters. The van der Waals surface area contributed by atoms with Gasteiger partial charge >= 0.3 is 12.0 Å². The van der Waals surface area contributed by atoms with Crippen LogP contribution in [0.1, 0.15) is 37.2 Å². The van der Waals surface area contributed by atoms with Crippen molar-refractivity contribution in [2.24, 2.45) is 5.92 Å². The zero-order chi connectivity index (χ0) is 14.8. The lowest BCUT2D eigenvalue weighted by atomic mass is 9.80. The van der Waals surface area contributed by atoms with Crippen molar-refractivity contribution >= 4 is 17.7 Å². The van der Waals surface area contributed by atoms with Crippen LogP contribution in [0.5, 0.6) is 0 Å². The summed E-state index contributed by atoms with van der Waals surface area (Å²) in [6.45, 7) is 0.800. The normalized spacial score (nSPS) is 21.9. The Labute approximate surface area is 123 Å². The first-order chi connectivity index (χ1) is 10.1. The lowest BCUT2D eigenvalue weighted by Gasteiger charge is -2.26. The number of carboxylic acids is 1. The van der Waals surface area contributed by atoms with Crippen molar-refractivity contribution in [2.75, 3.05) is 18.4 Å². The van der Waals surface area contributed by atoms with E-state index in [9.17, 15) is 9.59 Å². The average Bonchev–Trinajstić information content (AvgIpc) is 2.87. The number of hydrogen-bond donors (Lipinski definition) is 2. The number of nitrogens with one attached hydrogen (secondary N) is 1. The number of carboxylic acid groups (broad SMARTS) is 1. The monoisotopic (exact) mass is 288 g/mol. The lowest BCUT2D eigenvalue weighted by molar-refractivity contribution is -0.141. The minimum Gasteiger partial charge on any atom is -0.481 e. The molecule has 2 amide bonds. The fraction of sp³-hybridized carbons (Fsp3) is 0.500. The first kappa shape index (κ1) is 13.9. The molecule has 3 rings (SSSR count). The molecule has 0 aromatic heterocycles. The molecule has 1 heterocycles. The minimum absolute atomic E-state index is 0.204. The smallest absolute Gasteiger partial charge is 0.321 e. The number of carbonyl (C=O) groups is 2. The van der Waals surface area contributed by atoms with Gasteiger partial charge in [0.15, 0.2) is 0 Å². The number of hydrogen-bond acceptors (Lipinski definition) is 2. The van der Waals surface area contributed by atoms with E-state index >= 15 is 0 Å². The molecule has 1 atom stereocenters. The van der Waals surface area contributed by atoms with Gasteiger partial charge in [0, 0.05) is 18.8 Å². The molecule has 21 heavy (non-hydrogen) atoms. The van der Waals surface area contributed by atoms with E-state index in [2.05, 4.69) is 11.4 Å². The van der Waals surface area contributed by atoms with Gasteiger partial charge in [0.2, 0.25) is 0 Å². The maximum Gasteiger partial charge on any atom is 0.321 e. The number of amides is 2. The third-order valence-corrected chi connectivity index (χ3v) is 4.54. The van der Waals surface area contributed by atoms with Crippen LogP contribution in [0.3, 0.4) is 0 Å². The molecule has 0 bridgehead atoms. The van der Waals surface area contributed by atoms with Crippen LogP contribution in [0.25, 0.3) is 0 Å². The SMILES string of the molecule is O=C(O)C1CCN(C(=O)Nc2cccc(C3CCC3)c2)C1. The van der Waals surface area contributed by atoms with Gasteiger partial charge in [0.1, 0.15) is 0 Å². The Hall–Kier alpha value is -2.04. The number of anilines is 1. The maximum absolute atomic E-state index is 12.2. The van der Waals surface area contributed by atoms with Crippen LogP contribution in [0, 0.1) is 5.92 Å². The van der Waals surface area contributed by atoms with Gasteiger partial charge in [0.05, 0.1) is 5.92 Å². The van der Waals surface area contributed by atoms with Gasteiger partial charge in [-0.05, 0) is 42.9 Å². The predicted molar refractivity (Wildman–Crippen MR) is 79.4 cm³/mol. The number of carbonyl (C=O) groups excluding carboxylic acids is 1. The molecule has 1 aliphatic carbocycles. The number of rotatable bonds is 3. The van der Waals surface area contributed by atoms with E-state index in [0.29, 0.717) is 25.4 Å². The van der Waals surface area contributed by atoms with Crippen molar-refractivity contribution in [1.82, 2.24) is 4.90 Å². The first-order valence-electron chi connectivity index (χ1n) is 7.52. The molecule has 0 spiro atoms. The third-order valence-electron chi connectivity index (χ3n) is 4.54. The fourth-order valence-electron chi connectivity index (χ4n) is 2.96. The number of urea groups is 1. The Morgan fingerprint density at radius 2 is 2.05 bits per heavy atom. The van der Waals surface area contributed by atoms with Gasteiger partial charge in [0.25, 0.3) is 0 Å². The summed E-state index contributed by atoms with van der Waals surface area (Å²) >= 11 is 0. The first-order valence-corrected chi connectivity index (χ1v) is 7.52. The predicted octanol–water partition coefficient (Wildman–Crippen LogP) is 2.89. The third kappa shape index (κ3) is 3.01. The van der Waals surface area contributed by atoms with E-state index in [4.69, 9.17) is 5.11 Å². The van der Waals surface area contributed by atoms with Crippen molar-refractivity contribution < 1.29 is 14.7 Å². The fourth-order valence-corrected chi connectivity index (χ4v) is 2.96. The van der Waals surface area contributed by atoms with Crippen LogP contribution >= 0.6 is 0 Å². The standard InChI is InChI=1S/C16H20N2O3/c19-15(20)13-7-8-18(10-13)16(21)17-14-6-2-5-12(9-14)11-3-1-4-11/h2,5-6,9,11,13H,1,3-4,7-8,10H2,(H,17,21)(H,19,20). The Morgan fingerprint density at radius 3 is 2.67 bits per heavy atom. The molecule has 2 aliphatic rings. The van der Waals surface area contributed by atoms with Gasteiger partial charge < -0.3 is 15.3 Å². The molecule has 1 aromatic carbocycles. The van der Waals surface area contributed by atoms with Crippen LogP contribution in [0.2, 0.25) is 0 Å². The van der Waals surface area contributed by atoms with E-state index in [1.54, 1.807) is 4.90 Å². The second-order valence-electron chi connectivity index (χ2n) is 5.95. The molecule has 1 aromatic rings. The molecule has 2 fully saturated rings. The van der Waals surface area contributed by atoms with Crippen LogP contribution in [-0.2, 0) is 4.79 Å². The summed E-state index contributed by atoms with van der Waals surface area (Å²) in [6, 6.07) is 7.78. The van der Waals surface area contributed by atoms with Crippen molar-refractivity contribution in [3.8, 4) is 0 Å². The second kappa shape index (κ2) is 5.76. The molecule has 2 N–H and O–H groups in total. The largest absolute Gasteiger partial charge is 0.481 e. The van der Waals surface area contributed by atoms with Crippen LogP contribution in [0.15, 0.2) is 24.3 Å². The summed E-state index contributed by atoms with van der Waals surface area (Å²) in [5.74, 6) is -0.626. The maximum atomic E-state index is 12.2. The second-order valence-corrected chi connectivity index (χ2v) is 5.95. The van der Waals surface area contributed by atoms with Crippen molar-refractivity contribution in [1.29, 1.82) is 0 Å². The summed E-state index contributed by atoms with van der Waals surface area (Å²) in [4.78, 5) is 24.7. The van der Waals surface area contributed by atoms with Crippen molar-refractivity contribution in [3.63, 3.8) is 0 Å². The average molecular weight is 288 g/mol. The van der Waals surface area contributed by atoms with E-state index in [1.165, 1.54) is 24.8 Å². The van der Waals surface area contributed by atoms with E-state index in [1.807, 2.05) is 18.2 Å². The zero-order valence-electron chi connectivity index (χ0n) is 11.9. The highest BCUT2D eigenvalue weighted by molar-refractivity contribution is 5.90. The molecule has 5 nitrogen and oxygen atoms in total. The molecular weight excluding hydrogens is 268 g/mol. The number of aliphatic carboxylic acids is 1. The lowest BCUT2D eigenvalue weighted by Crippen LogP contribution is -2.33. The number of nitrogens with zero attached hydrogens (tertiary/aromatic N) is 1. The minimum atomic E-state index is -0.822. The highest BCUT2D eigenvalue weighted by atomic mass is 16.4. The van der Waals surface area contributed by atoms with E-state index < -0.39 is 11.9 Å². The number of likely N-dealkylation sites (tertiary alicyclic amines) is 1. The van der Waals surface area contributed by atoms with Gasteiger partial charge in [-0.25, -0.2) is 4.79 Å². The Morgan fingerprint density at radius 1 is 1.24 bits per heavy atom. The molecule has 0 radical (unpaired) electrons. The number of benzene rings is 1. The van der Waals surface area contributed by atoms with Gasteiger partial charge in [-0.2, -0.15) is 0 Å². The van der Waals surface area contributed by atoms with Crippen molar-refractivity contribution in [3.05, 3.63) is 29.8 Å². The molecule has 1 aliphatic heterocycles. The van der Waals surface area contributed by atoms with Crippen molar-refractivity contribution in [2.45, 2.75) is 31.6 Å². The molecular formula is C16H20N2O3. The van der Waals surface area contributed by atoms with Gasteiger partial charge in [-0.15, -0.1) is 0 Å². The molecule has 5 heteroatoms. The van der Waals surface area contributed by atoms with Crippen LogP contribution in [0.4, 0.5) is 10.5 Å². The Bertz CT molecular complexity index is 554. The topological polar surface area (TPSA) is 69.6 Å². The quantitative estimate of drug-likeness (QED) is 0.898. The highest BCUT2D eigenvalue weighted by Gasteiger charge is 2.30. The summed E-state index contributed by atoms with van der Waals surface area (Å²) in [6.07, 6.45) is 4.27.